The Bertz CT molecular complexity index is 1110. The second-order valence-electron chi connectivity index (χ2n) is 6.94. The highest BCUT2D eigenvalue weighted by Gasteiger charge is 2.13. The van der Waals surface area contributed by atoms with Crippen molar-refractivity contribution < 1.29 is 10.2 Å². The molecule has 0 bridgehead atoms. The Morgan fingerprint density at radius 2 is 1.24 bits per heavy atom. The van der Waals surface area contributed by atoms with E-state index in [4.69, 9.17) is 0 Å². The van der Waals surface area contributed by atoms with Crippen molar-refractivity contribution in [2.75, 3.05) is 0 Å². The van der Waals surface area contributed by atoms with Gasteiger partial charge in [0.25, 0.3) is 0 Å². The van der Waals surface area contributed by atoms with Gasteiger partial charge in [0.15, 0.2) is 0 Å². The zero-order chi connectivity index (χ0) is 20.2. The fraction of sp³-hybridized carbons (Fsp3) is 0.0385. The number of hydrogen-bond donors (Lipinski definition) is 2. The minimum Gasteiger partial charge on any atom is -0.507 e. The number of aryl methyl sites for hydroxylation is 1. The minimum absolute atomic E-state index is 0.185. The SMILES string of the molecule is Cc1ccc(O)c(C=Nc2cc(-c3ccccc3)c(O)c(-c3ccccc3)c2)c1. The summed E-state index contributed by atoms with van der Waals surface area (Å²) in [4.78, 5) is 4.60. The number of phenols is 2. The van der Waals surface area contributed by atoms with Crippen molar-refractivity contribution >= 4 is 11.9 Å². The van der Waals surface area contributed by atoms with E-state index in [-0.39, 0.29) is 11.5 Å². The highest BCUT2D eigenvalue weighted by molar-refractivity contribution is 5.89. The molecule has 0 amide bonds. The zero-order valence-corrected chi connectivity index (χ0v) is 16.1. The summed E-state index contributed by atoms with van der Waals surface area (Å²) in [7, 11) is 0. The maximum absolute atomic E-state index is 11.0. The van der Waals surface area contributed by atoms with Gasteiger partial charge in [-0.2, -0.15) is 0 Å². The molecule has 4 aromatic rings. The van der Waals surface area contributed by atoms with Gasteiger partial charge in [0, 0.05) is 22.9 Å². The van der Waals surface area contributed by atoms with Gasteiger partial charge >= 0.3 is 0 Å². The van der Waals surface area contributed by atoms with Gasteiger partial charge < -0.3 is 10.2 Å². The van der Waals surface area contributed by atoms with Crippen LogP contribution in [-0.2, 0) is 0 Å². The van der Waals surface area contributed by atoms with Crippen LogP contribution in [0.2, 0.25) is 0 Å². The molecule has 0 aliphatic heterocycles. The number of hydrogen-bond acceptors (Lipinski definition) is 3. The van der Waals surface area contributed by atoms with Crippen LogP contribution >= 0.6 is 0 Å². The lowest BCUT2D eigenvalue weighted by Gasteiger charge is -2.12. The molecular formula is C26H21NO2. The lowest BCUT2D eigenvalue weighted by molar-refractivity contribution is 0.474. The van der Waals surface area contributed by atoms with Crippen molar-refractivity contribution in [2.24, 2.45) is 4.99 Å². The van der Waals surface area contributed by atoms with Crippen LogP contribution in [0.25, 0.3) is 22.3 Å². The highest BCUT2D eigenvalue weighted by atomic mass is 16.3. The third kappa shape index (κ3) is 4.04. The van der Waals surface area contributed by atoms with E-state index in [2.05, 4.69) is 4.99 Å². The lowest BCUT2D eigenvalue weighted by atomic mass is 9.96. The summed E-state index contributed by atoms with van der Waals surface area (Å²) in [6.45, 7) is 1.97. The Morgan fingerprint density at radius 3 is 1.79 bits per heavy atom. The lowest BCUT2D eigenvalue weighted by Crippen LogP contribution is -1.87. The van der Waals surface area contributed by atoms with Crippen LogP contribution in [0.5, 0.6) is 11.5 Å². The van der Waals surface area contributed by atoms with E-state index in [9.17, 15) is 10.2 Å². The third-order valence-corrected chi connectivity index (χ3v) is 4.80. The Labute approximate surface area is 170 Å². The fourth-order valence-corrected chi connectivity index (χ4v) is 3.29. The molecule has 4 aromatic carbocycles. The second-order valence-corrected chi connectivity index (χ2v) is 6.94. The summed E-state index contributed by atoms with van der Waals surface area (Å²) in [5.41, 5.74) is 5.65. The van der Waals surface area contributed by atoms with Gasteiger partial charge in [-0.25, -0.2) is 0 Å². The summed E-state index contributed by atoms with van der Waals surface area (Å²) >= 11 is 0. The monoisotopic (exact) mass is 379 g/mol. The number of phenolic OH excluding ortho intramolecular Hbond substituents is 2. The number of aliphatic imine (C=N–C) groups is 1. The molecule has 0 spiro atoms. The maximum Gasteiger partial charge on any atom is 0.131 e. The van der Waals surface area contributed by atoms with Crippen LogP contribution in [0.15, 0.2) is 96.0 Å². The van der Waals surface area contributed by atoms with Gasteiger partial charge in [0.2, 0.25) is 0 Å². The number of benzene rings is 4. The minimum atomic E-state index is 0.185. The molecule has 3 heteroatoms. The van der Waals surface area contributed by atoms with Crippen molar-refractivity contribution in [1.82, 2.24) is 0 Å². The first kappa shape index (κ1) is 18.5. The van der Waals surface area contributed by atoms with Crippen molar-refractivity contribution in [2.45, 2.75) is 6.92 Å². The molecule has 29 heavy (non-hydrogen) atoms. The van der Waals surface area contributed by atoms with Crippen molar-refractivity contribution in [3.8, 4) is 33.8 Å². The average molecular weight is 379 g/mol. The molecule has 0 aliphatic rings. The molecule has 0 atom stereocenters. The first-order chi connectivity index (χ1) is 14.1. The van der Waals surface area contributed by atoms with Gasteiger partial charge in [-0.3, -0.25) is 4.99 Å². The number of aromatic hydroxyl groups is 2. The van der Waals surface area contributed by atoms with E-state index in [0.29, 0.717) is 22.4 Å². The van der Waals surface area contributed by atoms with Crippen molar-refractivity contribution in [1.29, 1.82) is 0 Å². The number of nitrogens with zero attached hydrogens (tertiary/aromatic N) is 1. The van der Waals surface area contributed by atoms with Crippen molar-refractivity contribution in [3.63, 3.8) is 0 Å². The summed E-state index contributed by atoms with van der Waals surface area (Å²) < 4.78 is 0. The van der Waals surface area contributed by atoms with Crippen LogP contribution in [0.3, 0.4) is 0 Å². The average Bonchev–Trinajstić information content (AvgIpc) is 2.76. The van der Waals surface area contributed by atoms with E-state index >= 15 is 0 Å². The smallest absolute Gasteiger partial charge is 0.131 e. The molecule has 0 fully saturated rings. The van der Waals surface area contributed by atoms with Gasteiger partial charge in [-0.05, 0) is 42.3 Å². The Morgan fingerprint density at radius 1 is 0.690 bits per heavy atom. The molecule has 0 aromatic heterocycles. The summed E-state index contributed by atoms with van der Waals surface area (Å²) in [5.74, 6) is 0.407. The molecule has 0 radical (unpaired) electrons. The van der Waals surface area contributed by atoms with E-state index in [1.165, 1.54) is 0 Å². The van der Waals surface area contributed by atoms with Crippen molar-refractivity contribution in [3.05, 3.63) is 102 Å². The normalized spacial score (nSPS) is 11.1. The zero-order valence-electron chi connectivity index (χ0n) is 16.1. The van der Waals surface area contributed by atoms with Gasteiger partial charge in [0.1, 0.15) is 11.5 Å². The second kappa shape index (κ2) is 8.03. The molecule has 0 unspecified atom stereocenters. The summed E-state index contributed by atoms with van der Waals surface area (Å²) in [6.07, 6.45) is 1.65. The maximum atomic E-state index is 11.0. The van der Waals surface area contributed by atoms with Crippen LogP contribution in [0, 0.1) is 6.92 Å². The third-order valence-electron chi connectivity index (χ3n) is 4.80. The van der Waals surface area contributed by atoms with Crippen LogP contribution < -0.4 is 0 Å². The standard InChI is InChI=1S/C26H21NO2/c1-18-12-13-25(28)21(14-18)17-27-22-15-23(19-8-4-2-5-9-19)26(29)24(16-22)20-10-6-3-7-11-20/h2-17,28-29H,1H3. The van der Waals surface area contributed by atoms with E-state index in [1.54, 1.807) is 12.3 Å². The number of rotatable bonds is 4. The molecule has 142 valence electrons. The molecule has 0 saturated carbocycles. The predicted octanol–water partition coefficient (Wildman–Crippen LogP) is 6.49. The summed E-state index contributed by atoms with van der Waals surface area (Å²) in [6, 6.07) is 28.6. The molecule has 3 nitrogen and oxygen atoms in total. The van der Waals surface area contributed by atoms with Crippen LogP contribution in [0.4, 0.5) is 5.69 Å². The largest absolute Gasteiger partial charge is 0.507 e. The molecule has 0 heterocycles. The molecular weight excluding hydrogens is 358 g/mol. The van der Waals surface area contributed by atoms with E-state index in [1.807, 2.05) is 91.9 Å². The van der Waals surface area contributed by atoms with E-state index in [0.717, 1.165) is 16.7 Å². The van der Waals surface area contributed by atoms with E-state index < -0.39 is 0 Å². The summed E-state index contributed by atoms with van der Waals surface area (Å²) in [5, 5.41) is 21.1. The first-order valence-electron chi connectivity index (χ1n) is 9.43. The Hall–Kier alpha value is -3.85. The fourth-order valence-electron chi connectivity index (χ4n) is 3.29. The molecule has 0 aliphatic carbocycles. The Balaban J connectivity index is 1.86. The van der Waals surface area contributed by atoms with Gasteiger partial charge in [-0.1, -0.05) is 72.3 Å². The molecule has 2 N–H and O–H groups in total. The topological polar surface area (TPSA) is 52.8 Å². The molecule has 0 saturated heterocycles. The van der Waals surface area contributed by atoms with Crippen LogP contribution in [0.1, 0.15) is 11.1 Å². The Kier molecular flexibility index (Phi) is 5.12. The molecule has 4 rings (SSSR count). The quantitative estimate of drug-likeness (QED) is 0.398. The van der Waals surface area contributed by atoms with Gasteiger partial charge in [-0.15, -0.1) is 0 Å². The highest BCUT2D eigenvalue weighted by Crippen LogP contribution is 2.41. The van der Waals surface area contributed by atoms with Gasteiger partial charge in [0.05, 0.1) is 5.69 Å². The van der Waals surface area contributed by atoms with Crippen LogP contribution in [-0.4, -0.2) is 16.4 Å². The predicted molar refractivity (Wildman–Crippen MR) is 119 cm³/mol. The first-order valence-corrected chi connectivity index (χ1v) is 9.43.